The highest BCUT2D eigenvalue weighted by atomic mass is 19.1. The van der Waals surface area contributed by atoms with Gasteiger partial charge in [-0.1, -0.05) is 0 Å². The van der Waals surface area contributed by atoms with E-state index >= 15 is 0 Å². The maximum atomic E-state index is 13.8. The van der Waals surface area contributed by atoms with Crippen LogP contribution in [0.15, 0.2) is 35.0 Å². The molecular weight excluding hydrogens is 309 g/mol. The van der Waals surface area contributed by atoms with Gasteiger partial charge in [-0.3, -0.25) is 14.7 Å². The molecule has 24 heavy (non-hydrogen) atoms. The minimum absolute atomic E-state index is 0.142. The number of hydrogen-bond acceptors (Lipinski definition) is 4. The maximum absolute atomic E-state index is 13.8. The van der Waals surface area contributed by atoms with Crippen LogP contribution in [0, 0.1) is 11.7 Å². The highest BCUT2D eigenvalue weighted by Gasteiger charge is 2.40. The summed E-state index contributed by atoms with van der Waals surface area (Å²) in [5.74, 6) is 0.386. The summed E-state index contributed by atoms with van der Waals surface area (Å²) in [6.07, 6.45) is 5.02. The number of fused-ring (bicyclic) bond motifs is 3. The number of halogens is 1. The zero-order valence-corrected chi connectivity index (χ0v) is 13.5. The van der Waals surface area contributed by atoms with Crippen LogP contribution in [0.4, 0.5) is 4.39 Å². The Morgan fingerprint density at radius 2 is 2.12 bits per heavy atom. The second kappa shape index (κ2) is 6.02. The zero-order valence-electron chi connectivity index (χ0n) is 13.5. The summed E-state index contributed by atoms with van der Waals surface area (Å²) < 4.78 is 19.4. The van der Waals surface area contributed by atoms with Gasteiger partial charge in [-0.2, -0.15) is 0 Å². The molecule has 6 heteroatoms. The molecule has 0 aliphatic carbocycles. The molecule has 5 rings (SSSR count). The van der Waals surface area contributed by atoms with E-state index < -0.39 is 5.82 Å². The number of amides is 1. The van der Waals surface area contributed by atoms with Gasteiger partial charge < -0.3 is 9.73 Å². The first-order valence-electron chi connectivity index (χ1n) is 8.38. The van der Waals surface area contributed by atoms with Crippen molar-refractivity contribution in [2.45, 2.75) is 31.8 Å². The Morgan fingerprint density at radius 1 is 1.33 bits per heavy atom. The average molecular weight is 329 g/mol. The van der Waals surface area contributed by atoms with Crippen molar-refractivity contribution >= 4 is 5.91 Å². The Kier molecular flexibility index (Phi) is 3.84. The monoisotopic (exact) mass is 329 g/mol. The Morgan fingerprint density at radius 3 is 2.83 bits per heavy atom. The summed E-state index contributed by atoms with van der Waals surface area (Å²) in [6.45, 7) is 4.39. The summed E-state index contributed by atoms with van der Waals surface area (Å²) in [5.41, 5.74) is 0.257. The van der Waals surface area contributed by atoms with Gasteiger partial charge in [-0.25, -0.2) is 4.39 Å². The Hall–Kier alpha value is -2.21. The molecule has 0 radical (unpaired) electrons. The average Bonchev–Trinajstić information content (AvgIpc) is 3.09. The maximum Gasteiger partial charge on any atom is 0.287 e. The number of nitrogens with zero attached hydrogens (tertiary/aromatic N) is 2. The molecule has 126 valence electrons. The first-order chi connectivity index (χ1) is 11.6. The second-order valence-electron chi connectivity index (χ2n) is 6.63. The van der Waals surface area contributed by atoms with Crippen molar-refractivity contribution in [2.24, 2.45) is 5.92 Å². The molecule has 0 aromatic carbocycles. The first-order valence-corrected chi connectivity index (χ1v) is 8.38. The van der Waals surface area contributed by atoms with Crippen molar-refractivity contribution in [3.63, 3.8) is 0 Å². The molecule has 3 saturated heterocycles. The van der Waals surface area contributed by atoms with Crippen molar-refractivity contribution in [3.8, 4) is 11.3 Å². The summed E-state index contributed by atoms with van der Waals surface area (Å²) >= 11 is 0. The minimum Gasteiger partial charge on any atom is -0.451 e. The fourth-order valence-electron chi connectivity index (χ4n) is 3.93. The minimum atomic E-state index is -0.419. The van der Waals surface area contributed by atoms with Crippen molar-refractivity contribution in [1.82, 2.24) is 15.2 Å². The van der Waals surface area contributed by atoms with Crippen molar-refractivity contribution in [3.05, 3.63) is 42.2 Å². The number of carbonyl (C=O) groups is 1. The molecule has 2 aromatic rings. The lowest BCUT2D eigenvalue weighted by Crippen LogP contribution is -2.62. The molecule has 1 amide bonds. The van der Waals surface area contributed by atoms with Crippen molar-refractivity contribution in [2.75, 3.05) is 13.1 Å². The van der Waals surface area contributed by atoms with Crippen LogP contribution in [0.3, 0.4) is 0 Å². The van der Waals surface area contributed by atoms with Crippen LogP contribution in [0.5, 0.6) is 0 Å². The Bertz CT molecular complexity index is 750. The molecule has 0 saturated carbocycles. The Labute approximate surface area is 139 Å². The number of pyridine rings is 1. The molecule has 2 bridgehead atoms. The second-order valence-corrected chi connectivity index (χ2v) is 6.63. The number of piperidine rings is 3. The molecular formula is C18H20FN3O2. The van der Waals surface area contributed by atoms with E-state index in [-0.39, 0.29) is 23.3 Å². The highest BCUT2D eigenvalue weighted by molar-refractivity contribution is 5.92. The highest BCUT2D eigenvalue weighted by Crippen LogP contribution is 2.32. The number of carbonyl (C=O) groups excluding carboxylic acids is 1. The molecule has 0 spiro atoms. The molecule has 5 nitrogen and oxygen atoms in total. The van der Waals surface area contributed by atoms with Crippen LogP contribution in [0.1, 0.15) is 30.3 Å². The van der Waals surface area contributed by atoms with E-state index in [2.05, 4.69) is 22.1 Å². The summed E-state index contributed by atoms with van der Waals surface area (Å²) in [6, 6.07) is 4.94. The van der Waals surface area contributed by atoms with Crippen LogP contribution in [0.2, 0.25) is 0 Å². The van der Waals surface area contributed by atoms with Gasteiger partial charge in [0.2, 0.25) is 0 Å². The third-order valence-corrected chi connectivity index (χ3v) is 5.34. The van der Waals surface area contributed by atoms with E-state index in [0.29, 0.717) is 17.7 Å². The SMILES string of the molecule is C[C@H]1[C@H](NC(=O)c2ccc(-c3cnccc3F)o2)C2CCN1CC2. The number of rotatable bonds is 3. The molecule has 2 atom stereocenters. The van der Waals surface area contributed by atoms with E-state index in [4.69, 9.17) is 4.42 Å². The smallest absolute Gasteiger partial charge is 0.287 e. The van der Waals surface area contributed by atoms with E-state index in [1.54, 1.807) is 12.1 Å². The van der Waals surface area contributed by atoms with Gasteiger partial charge in [-0.05, 0) is 57.0 Å². The van der Waals surface area contributed by atoms with Gasteiger partial charge in [0.15, 0.2) is 5.76 Å². The van der Waals surface area contributed by atoms with Crippen LogP contribution >= 0.6 is 0 Å². The first kappa shape index (κ1) is 15.3. The molecule has 3 aliphatic heterocycles. The fraction of sp³-hybridized carbons (Fsp3) is 0.444. The predicted octanol–water partition coefficient (Wildman–Crippen LogP) is 2.69. The number of aromatic nitrogens is 1. The van der Waals surface area contributed by atoms with Crippen LogP contribution in [0.25, 0.3) is 11.3 Å². The van der Waals surface area contributed by atoms with E-state index in [9.17, 15) is 9.18 Å². The summed E-state index contributed by atoms with van der Waals surface area (Å²) in [5, 5.41) is 3.11. The molecule has 5 heterocycles. The summed E-state index contributed by atoms with van der Waals surface area (Å²) in [7, 11) is 0. The lowest BCUT2D eigenvalue weighted by atomic mass is 9.79. The van der Waals surface area contributed by atoms with Gasteiger partial charge in [0.05, 0.1) is 5.56 Å². The number of nitrogens with one attached hydrogen (secondary N) is 1. The van der Waals surface area contributed by atoms with E-state index in [1.807, 2.05) is 0 Å². The fourth-order valence-corrected chi connectivity index (χ4v) is 3.93. The molecule has 1 N–H and O–H groups in total. The lowest BCUT2D eigenvalue weighted by molar-refractivity contribution is 0.0211. The van der Waals surface area contributed by atoms with E-state index in [1.165, 1.54) is 18.5 Å². The van der Waals surface area contributed by atoms with Gasteiger partial charge in [-0.15, -0.1) is 0 Å². The Balaban J connectivity index is 1.51. The number of hydrogen-bond donors (Lipinski definition) is 1. The predicted molar refractivity (Wildman–Crippen MR) is 86.9 cm³/mol. The normalized spacial score (nSPS) is 28.8. The third-order valence-electron chi connectivity index (χ3n) is 5.34. The van der Waals surface area contributed by atoms with Gasteiger partial charge in [0, 0.05) is 24.5 Å². The summed E-state index contributed by atoms with van der Waals surface area (Å²) in [4.78, 5) is 18.9. The van der Waals surface area contributed by atoms with E-state index in [0.717, 1.165) is 25.9 Å². The zero-order chi connectivity index (χ0) is 16.7. The quantitative estimate of drug-likeness (QED) is 0.941. The molecule has 3 aliphatic rings. The lowest BCUT2D eigenvalue weighted by Gasteiger charge is -2.49. The van der Waals surface area contributed by atoms with Crippen LogP contribution in [-0.2, 0) is 0 Å². The number of furan rings is 1. The molecule has 0 unspecified atom stereocenters. The molecule has 2 aromatic heterocycles. The standard InChI is InChI=1S/C18H20FN3O2/c1-11-17(12-5-8-22(11)9-6-12)21-18(23)16-3-2-15(24-16)13-10-20-7-4-14(13)19/h2-4,7,10-12,17H,5-6,8-9H2,1H3,(H,21,23)/t11-,17-/m0/s1. The topological polar surface area (TPSA) is 58.4 Å². The van der Waals surface area contributed by atoms with Gasteiger partial charge in [0.25, 0.3) is 5.91 Å². The van der Waals surface area contributed by atoms with Crippen molar-refractivity contribution in [1.29, 1.82) is 0 Å². The van der Waals surface area contributed by atoms with Crippen LogP contribution in [-0.4, -0.2) is 41.0 Å². The van der Waals surface area contributed by atoms with Gasteiger partial charge >= 0.3 is 0 Å². The van der Waals surface area contributed by atoms with Crippen LogP contribution < -0.4 is 5.32 Å². The molecule has 3 fully saturated rings. The largest absolute Gasteiger partial charge is 0.451 e. The third kappa shape index (κ3) is 2.60. The van der Waals surface area contributed by atoms with Crippen molar-refractivity contribution < 1.29 is 13.6 Å². The van der Waals surface area contributed by atoms with Gasteiger partial charge in [0.1, 0.15) is 11.6 Å².